The van der Waals surface area contributed by atoms with Gasteiger partial charge in [0.05, 0.1) is 5.92 Å². The summed E-state index contributed by atoms with van der Waals surface area (Å²) in [5.74, 6) is 0.988. The molecule has 1 aliphatic rings. The number of nitrogens with zero attached hydrogens (tertiary/aromatic N) is 1. The molecule has 0 unspecified atom stereocenters. The van der Waals surface area contributed by atoms with Crippen molar-refractivity contribution in [3.05, 3.63) is 65.7 Å². The van der Waals surface area contributed by atoms with Gasteiger partial charge in [0.15, 0.2) is 5.96 Å². The largest absolute Gasteiger partial charge is 0.426 e. The molecule has 0 aliphatic heterocycles. The number of hydrogen-bond acceptors (Lipinski definition) is 3. The SMILES string of the molecule is CC(C)(c1ccccc1)c1ccc(OC(=O)C2CCC(CN=C(N)N)CC2)cc1. The third-order valence-corrected chi connectivity index (χ3v) is 6.00. The molecule has 5 nitrogen and oxygen atoms in total. The van der Waals surface area contributed by atoms with E-state index in [9.17, 15) is 4.79 Å². The van der Waals surface area contributed by atoms with E-state index >= 15 is 0 Å². The number of aliphatic imine (C=N–C) groups is 1. The maximum atomic E-state index is 12.6. The summed E-state index contributed by atoms with van der Waals surface area (Å²) in [4.78, 5) is 16.6. The molecule has 0 saturated heterocycles. The van der Waals surface area contributed by atoms with Gasteiger partial charge < -0.3 is 16.2 Å². The molecule has 0 heterocycles. The quantitative estimate of drug-likeness (QED) is 0.336. The van der Waals surface area contributed by atoms with Crippen LogP contribution in [-0.4, -0.2) is 18.5 Å². The molecule has 4 N–H and O–H groups in total. The number of hydrogen-bond donors (Lipinski definition) is 2. The first-order chi connectivity index (χ1) is 13.9. The number of nitrogens with two attached hydrogens (primary N) is 2. The molecule has 0 radical (unpaired) electrons. The number of rotatable bonds is 6. The fourth-order valence-electron chi connectivity index (χ4n) is 3.98. The summed E-state index contributed by atoms with van der Waals surface area (Å²) >= 11 is 0. The van der Waals surface area contributed by atoms with E-state index in [-0.39, 0.29) is 23.3 Å². The van der Waals surface area contributed by atoms with E-state index in [1.54, 1.807) is 0 Å². The van der Waals surface area contributed by atoms with Crippen LogP contribution in [0.15, 0.2) is 59.6 Å². The van der Waals surface area contributed by atoms with Crippen molar-refractivity contribution in [1.29, 1.82) is 0 Å². The van der Waals surface area contributed by atoms with Gasteiger partial charge in [-0.1, -0.05) is 56.3 Å². The summed E-state index contributed by atoms with van der Waals surface area (Å²) in [6.07, 6.45) is 3.53. The number of carbonyl (C=O) groups is 1. The van der Waals surface area contributed by atoms with E-state index in [0.717, 1.165) is 25.7 Å². The van der Waals surface area contributed by atoms with E-state index < -0.39 is 0 Å². The lowest BCUT2D eigenvalue weighted by atomic mass is 9.78. The highest BCUT2D eigenvalue weighted by atomic mass is 16.5. The van der Waals surface area contributed by atoms with Crippen LogP contribution in [0, 0.1) is 11.8 Å². The molecule has 0 atom stereocenters. The maximum absolute atomic E-state index is 12.6. The third-order valence-electron chi connectivity index (χ3n) is 6.00. The highest BCUT2D eigenvalue weighted by Gasteiger charge is 2.28. The summed E-state index contributed by atoms with van der Waals surface area (Å²) in [5.41, 5.74) is 13.1. The monoisotopic (exact) mass is 393 g/mol. The Hall–Kier alpha value is -2.82. The van der Waals surface area contributed by atoms with Gasteiger partial charge in [0, 0.05) is 12.0 Å². The van der Waals surface area contributed by atoms with Gasteiger partial charge in [0.2, 0.25) is 0 Å². The summed E-state index contributed by atoms with van der Waals surface area (Å²) in [7, 11) is 0. The predicted octanol–water partition coefficient (Wildman–Crippen LogP) is 4.00. The second kappa shape index (κ2) is 9.12. The predicted molar refractivity (Wildman–Crippen MR) is 117 cm³/mol. The molecule has 1 saturated carbocycles. The number of carbonyl (C=O) groups excluding carboxylic acids is 1. The molecule has 5 heteroatoms. The number of benzene rings is 2. The number of esters is 1. The Bertz CT molecular complexity index is 832. The maximum Gasteiger partial charge on any atom is 0.314 e. The summed E-state index contributed by atoms with van der Waals surface area (Å²) in [6, 6.07) is 18.3. The Morgan fingerprint density at radius 1 is 0.966 bits per heavy atom. The van der Waals surface area contributed by atoms with Gasteiger partial charge in [-0.2, -0.15) is 0 Å². The lowest BCUT2D eigenvalue weighted by molar-refractivity contribution is -0.140. The van der Waals surface area contributed by atoms with Crippen molar-refractivity contribution in [3.8, 4) is 5.75 Å². The summed E-state index contributed by atoms with van der Waals surface area (Å²) < 4.78 is 5.65. The van der Waals surface area contributed by atoms with Crippen LogP contribution in [0.25, 0.3) is 0 Å². The minimum absolute atomic E-state index is 0.0501. The van der Waals surface area contributed by atoms with Crippen LogP contribution in [0.1, 0.15) is 50.7 Å². The van der Waals surface area contributed by atoms with Crippen LogP contribution in [0.4, 0.5) is 0 Å². The molecule has 29 heavy (non-hydrogen) atoms. The van der Waals surface area contributed by atoms with E-state index in [1.165, 1.54) is 11.1 Å². The van der Waals surface area contributed by atoms with E-state index in [2.05, 4.69) is 43.1 Å². The summed E-state index contributed by atoms with van der Waals surface area (Å²) in [5, 5.41) is 0. The van der Waals surface area contributed by atoms with Crippen molar-refractivity contribution in [3.63, 3.8) is 0 Å². The van der Waals surface area contributed by atoms with Crippen LogP contribution < -0.4 is 16.2 Å². The van der Waals surface area contributed by atoms with E-state index in [4.69, 9.17) is 16.2 Å². The average molecular weight is 394 g/mol. The fourth-order valence-corrected chi connectivity index (χ4v) is 3.98. The normalized spacial score (nSPS) is 19.4. The van der Waals surface area contributed by atoms with Crippen molar-refractivity contribution >= 4 is 11.9 Å². The summed E-state index contributed by atoms with van der Waals surface area (Å²) in [6.45, 7) is 5.04. The molecule has 2 aromatic carbocycles. The Morgan fingerprint density at radius 2 is 1.55 bits per heavy atom. The van der Waals surface area contributed by atoms with Crippen LogP contribution in [0.2, 0.25) is 0 Å². The topological polar surface area (TPSA) is 90.7 Å². The second-order valence-corrected chi connectivity index (χ2v) is 8.42. The van der Waals surface area contributed by atoms with Gasteiger partial charge in [0.25, 0.3) is 0 Å². The molecule has 2 aromatic rings. The highest BCUT2D eigenvalue weighted by Crippen LogP contribution is 2.33. The molecule has 0 aromatic heterocycles. The van der Waals surface area contributed by atoms with Gasteiger partial charge in [-0.3, -0.25) is 9.79 Å². The van der Waals surface area contributed by atoms with Crippen molar-refractivity contribution in [2.24, 2.45) is 28.3 Å². The molecule has 0 bridgehead atoms. The Kier molecular flexibility index (Phi) is 6.57. The zero-order chi connectivity index (χ0) is 20.9. The van der Waals surface area contributed by atoms with Gasteiger partial charge in [0.1, 0.15) is 5.75 Å². The van der Waals surface area contributed by atoms with Crippen LogP contribution >= 0.6 is 0 Å². The molecular weight excluding hydrogens is 362 g/mol. The van der Waals surface area contributed by atoms with Gasteiger partial charge in [-0.25, -0.2) is 0 Å². The Balaban J connectivity index is 1.56. The first kappa shape index (κ1) is 20.9. The van der Waals surface area contributed by atoms with E-state index in [1.807, 2.05) is 30.3 Å². The van der Waals surface area contributed by atoms with Crippen molar-refractivity contribution < 1.29 is 9.53 Å². The number of ether oxygens (including phenoxy) is 1. The highest BCUT2D eigenvalue weighted by molar-refractivity contribution is 5.76. The Labute approximate surface area is 173 Å². The minimum Gasteiger partial charge on any atom is -0.426 e. The van der Waals surface area contributed by atoms with Gasteiger partial charge >= 0.3 is 5.97 Å². The molecule has 154 valence electrons. The van der Waals surface area contributed by atoms with Crippen molar-refractivity contribution in [1.82, 2.24) is 0 Å². The first-order valence-electron chi connectivity index (χ1n) is 10.3. The van der Waals surface area contributed by atoms with Crippen LogP contribution in [-0.2, 0) is 10.2 Å². The fraction of sp³-hybridized carbons (Fsp3) is 0.417. The van der Waals surface area contributed by atoms with Crippen LogP contribution in [0.3, 0.4) is 0 Å². The molecular formula is C24H31N3O2. The molecule has 1 aliphatic carbocycles. The molecule has 0 spiro atoms. The standard InChI is InChI=1S/C24H31N3O2/c1-24(2,19-6-4-3-5-7-19)20-12-14-21(15-13-20)29-22(28)18-10-8-17(9-11-18)16-27-23(25)26/h3-7,12-15,17-18H,8-11,16H2,1-2H3,(H4,25,26,27). The minimum atomic E-state index is -0.139. The van der Waals surface area contributed by atoms with Gasteiger partial charge in [-0.15, -0.1) is 0 Å². The van der Waals surface area contributed by atoms with Gasteiger partial charge in [-0.05, 0) is 54.9 Å². The zero-order valence-electron chi connectivity index (χ0n) is 17.3. The Morgan fingerprint density at radius 3 is 2.14 bits per heavy atom. The first-order valence-corrected chi connectivity index (χ1v) is 10.3. The lowest BCUT2D eigenvalue weighted by Crippen LogP contribution is -2.28. The smallest absolute Gasteiger partial charge is 0.314 e. The number of guanidine groups is 1. The van der Waals surface area contributed by atoms with E-state index in [0.29, 0.717) is 18.2 Å². The lowest BCUT2D eigenvalue weighted by Gasteiger charge is -2.27. The third kappa shape index (κ3) is 5.37. The van der Waals surface area contributed by atoms with Crippen molar-refractivity contribution in [2.75, 3.05) is 6.54 Å². The molecule has 3 rings (SSSR count). The zero-order valence-corrected chi connectivity index (χ0v) is 17.3. The molecule has 1 fully saturated rings. The van der Waals surface area contributed by atoms with Crippen LogP contribution in [0.5, 0.6) is 5.75 Å². The average Bonchev–Trinajstić information content (AvgIpc) is 2.73. The second-order valence-electron chi connectivity index (χ2n) is 8.42. The molecule has 0 amide bonds. The van der Waals surface area contributed by atoms with Crippen molar-refractivity contribution in [2.45, 2.75) is 44.9 Å².